The van der Waals surface area contributed by atoms with Gasteiger partial charge in [0.05, 0.1) is 16.2 Å². The highest BCUT2D eigenvalue weighted by Crippen LogP contribution is 2.31. The van der Waals surface area contributed by atoms with Crippen molar-refractivity contribution in [2.75, 3.05) is 0 Å². The van der Waals surface area contributed by atoms with Crippen LogP contribution in [0, 0.1) is 10.1 Å². The standard InChI is InChI=1S/C24H14N2O5S/c27-24-20(13-16-12-17(26(28)29)8-11-22(16)31-24)23-25-21(14-32-23)15-6-9-19(10-7-15)30-18-4-2-1-3-5-18/h1-14H. The molecule has 0 amide bonds. The van der Waals surface area contributed by atoms with Gasteiger partial charge in [-0.15, -0.1) is 11.3 Å². The smallest absolute Gasteiger partial charge is 0.346 e. The van der Waals surface area contributed by atoms with Crippen molar-refractivity contribution in [2.24, 2.45) is 0 Å². The van der Waals surface area contributed by atoms with Crippen molar-refractivity contribution in [1.82, 2.24) is 4.98 Å². The average Bonchev–Trinajstić information content (AvgIpc) is 3.29. The van der Waals surface area contributed by atoms with E-state index in [-0.39, 0.29) is 16.8 Å². The highest BCUT2D eigenvalue weighted by molar-refractivity contribution is 7.13. The number of nitro groups is 1. The van der Waals surface area contributed by atoms with Gasteiger partial charge in [0.1, 0.15) is 22.1 Å². The summed E-state index contributed by atoms with van der Waals surface area (Å²) in [6, 6.07) is 22.7. The van der Waals surface area contributed by atoms with Crippen molar-refractivity contribution in [1.29, 1.82) is 0 Å². The number of aromatic nitrogens is 1. The fourth-order valence-electron chi connectivity index (χ4n) is 3.22. The van der Waals surface area contributed by atoms with Gasteiger partial charge in [-0.05, 0) is 48.5 Å². The monoisotopic (exact) mass is 442 g/mol. The molecule has 2 aromatic heterocycles. The van der Waals surface area contributed by atoms with Crippen LogP contribution in [-0.4, -0.2) is 9.91 Å². The molecule has 7 nitrogen and oxygen atoms in total. The molecule has 0 N–H and O–H groups in total. The van der Waals surface area contributed by atoms with Crippen LogP contribution in [0.1, 0.15) is 0 Å². The van der Waals surface area contributed by atoms with Crippen molar-refractivity contribution in [2.45, 2.75) is 0 Å². The Morgan fingerprint density at radius 3 is 2.44 bits per heavy atom. The molecule has 0 saturated heterocycles. The predicted molar refractivity (Wildman–Crippen MR) is 122 cm³/mol. The largest absolute Gasteiger partial charge is 0.457 e. The molecule has 8 heteroatoms. The van der Waals surface area contributed by atoms with Gasteiger partial charge in [0, 0.05) is 28.5 Å². The molecule has 2 heterocycles. The van der Waals surface area contributed by atoms with Gasteiger partial charge >= 0.3 is 5.63 Å². The summed E-state index contributed by atoms with van der Waals surface area (Å²) in [5.74, 6) is 1.45. The van der Waals surface area contributed by atoms with E-state index < -0.39 is 10.5 Å². The molecule has 0 atom stereocenters. The molecule has 3 aromatic carbocycles. The SMILES string of the molecule is O=c1oc2ccc([N+](=O)[O-])cc2cc1-c1nc(-c2ccc(Oc3ccccc3)cc2)cs1. The number of ether oxygens (including phenoxy) is 1. The summed E-state index contributed by atoms with van der Waals surface area (Å²) < 4.78 is 11.1. The van der Waals surface area contributed by atoms with Crippen molar-refractivity contribution >= 4 is 28.0 Å². The van der Waals surface area contributed by atoms with E-state index in [1.165, 1.54) is 29.5 Å². The first kappa shape index (κ1) is 19.7. The number of hydrogen-bond acceptors (Lipinski definition) is 7. The van der Waals surface area contributed by atoms with E-state index >= 15 is 0 Å². The number of hydrogen-bond donors (Lipinski definition) is 0. The van der Waals surface area contributed by atoms with Gasteiger partial charge in [-0.1, -0.05) is 18.2 Å². The molecule has 0 aliphatic rings. The highest BCUT2D eigenvalue weighted by Gasteiger charge is 2.15. The first-order valence-corrected chi connectivity index (χ1v) is 10.5. The van der Waals surface area contributed by atoms with E-state index in [2.05, 4.69) is 4.98 Å². The lowest BCUT2D eigenvalue weighted by Crippen LogP contribution is -2.02. The fraction of sp³-hybridized carbons (Fsp3) is 0. The van der Waals surface area contributed by atoms with Crippen molar-refractivity contribution in [3.63, 3.8) is 0 Å². The Morgan fingerprint density at radius 2 is 1.69 bits per heavy atom. The summed E-state index contributed by atoms with van der Waals surface area (Å²) in [4.78, 5) is 27.6. The summed E-state index contributed by atoms with van der Waals surface area (Å²) in [6.45, 7) is 0. The second-order valence-corrected chi connectivity index (χ2v) is 7.76. The Bertz CT molecular complexity index is 1490. The maximum absolute atomic E-state index is 12.5. The summed E-state index contributed by atoms with van der Waals surface area (Å²) in [7, 11) is 0. The molecule has 5 rings (SSSR count). The molecule has 0 unspecified atom stereocenters. The fourth-order valence-corrected chi connectivity index (χ4v) is 4.05. The summed E-state index contributed by atoms with van der Waals surface area (Å²) >= 11 is 1.30. The summed E-state index contributed by atoms with van der Waals surface area (Å²) in [6.07, 6.45) is 0. The third-order valence-corrected chi connectivity index (χ3v) is 5.67. The van der Waals surface area contributed by atoms with Gasteiger partial charge in [-0.3, -0.25) is 10.1 Å². The minimum Gasteiger partial charge on any atom is -0.457 e. The van der Waals surface area contributed by atoms with Gasteiger partial charge < -0.3 is 9.15 Å². The van der Waals surface area contributed by atoms with Crippen molar-refractivity contribution in [3.8, 4) is 33.3 Å². The normalized spacial score (nSPS) is 10.9. The van der Waals surface area contributed by atoms with Crippen LogP contribution in [0.5, 0.6) is 11.5 Å². The molecule has 0 spiro atoms. The molecule has 156 valence electrons. The van der Waals surface area contributed by atoms with Gasteiger partial charge in [-0.25, -0.2) is 9.78 Å². The maximum Gasteiger partial charge on any atom is 0.346 e. The van der Waals surface area contributed by atoms with Gasteiger partial charge in [0.25, 0.3) is 5.69 Å². The number of benzene rings is 3. The third kappa shape index (κ3) is 3.86. The number of fused-ring (bicyclic) bond motifs is 1. The first-order chi connectivity index (χ1) is 15.6. The minimum absolute atomic E-state index is 0.0741. The zero-order valence-corrected chi connectivity index (χ0v) is 17.2. The lowest BCUT2D eigenvalue weighted by atomic mass is 10.1. The van der Waals surface area contributed by atoms with Crippen LogP contribution in [0.3, 0.4) is 0 Å². The molecular formula is C24H14N2O5S. The quantitative estimate of drug-likeness (QED) is 0.180. The molecule has 5 aromatic rings. The van der Waals surface area contributed by atoms with E-state index in [1.807, 2.05) is 60.0 Å². The van der Waals surface area contributed by atoms with E-state index in [4.69, 9.17) is 9.15 Å². The number of nitro benzene ring substituents is 1. The van der Waals surface area contributed by atoms with Gasteiger partial charge in [0.2, 0.25) is 0 Å². The Morgan fingerprint density at radius 1 is 0.938 bits per heavy atom. The van der Waals surface area contributed by atoms with Gasteiger partial charge in [0.15, 0.2) is 0 Å². The third-order valence-electron chi connectivity index (χ3n) is 4.79. The lowest BCUT2D eigenvalue weighted by molar-refractivity contribution is -0.384. The maximum atomic E-state index is 12.5. The Labute approximate surface area is 185 Å². The Kier molecular flexibility index (Phi) is 4.97. The van der Waals surface area contributed by atoms with Gasteiger partial charge in [-0.2, -0.15) is 0 Å². The number of para-hydroxylation sites is 1. The molecule has 0 aliphatic heterocycles. The summed E-state index contributed by atoms with van der Waals surface area (Å²) in [5.41, 5.74) is 1.51. The van der Waals surface area contributed by atoms with Crippen LogP contribution in [0.2, 0.25) is 0 Å². The van der Waals surface area contributed by atoms with Crippen molar-refractivity contribution in [3.05, 3.63) is 105 Å². The molecule has 0 saturated carbocycles. The molecule has 0 aliphatic carbocycles. The molecule has 0 fully saturated rings. The lowest BCUT2D eigenvalue weighted by Gasteiger charge is -2.05. The van der Waals surface area contributed by atoms with E-state index in [9.17, 15) is 14.9 Å². The second-order valence-electron chi connectivity index (χ2n) is 6.90. The van der Waals surface area contributed by atoms with E-state index in [0.29, 0.717) is 21.8 Å². The van der Waals surface area contributed by atoms with Crippen LogP contribution in [0.4, 0.5) is 5.69 Å². The molecule has 0 bridgehead atoms. The molecule has 0 radical (unpaired) electrons. The Balaban J connectivity index is 1.44. The van der Waals surface area contributed by atoms with Crippen LogP contribution in [0.15, 0.2) is 93.5 Å². The molecular weight excluding hydrogens is 428 g/mol. The minimum atomic E-state index is -0.543. The first-order valence-electron chi connectivity index (χ1n) is 9.58. The molecule has 32 heavy (non-hydrogen) atoms. The highest BCUT2D eigenvalue weighted by atomic mass is 32.1. The number of nitrogens with zero attached hydrogens (tertiary/aromatic N) is 2. The summed E-state index contributed by atoms with van der Waals surface area (Å²) in [5, 5.41) is 13.8. The average molecular weight is 442 g/mol. The Hall–Kier alpha value is -4.30. The van der Waals surface area contributed by atoms with Crippen LogP contribution < -0.4 is 10.4 Å². The van der Waals surface area contributed by atoms with Crippen molar-refractivity contribution < 1.29 is 14.1 Å². The number of rotatable bonds is 5. The zero-order valence-electron chi connectivity index (χ0n) is 16.4. The second kappa shape index (κ2) is 8.09. The predicted octanol–water partition coefficient (Wildman–Crippen LogP) is 6.28. The zero-order chi connectivity index (χ0) is 22.1. The van der Waals surface area contributed by atoms with E-state index in [0.717, 1.165) is 11.3 Å². The van der Waals surface area contributed by atoms with E-state index in [1.54, 1.807) is 6.07 Å². The topological polar surface area (TPSA) is 95.5 Å². The number of non-ortho nitro benzene ring substituents is 1. The van der Waals surface area contributed by atoms with Crippen LogP contribution in [0.25, 0.3) is 32.8 Å². The number of thiazole rings is 1. The van der Waals surface area contributed by atoms with Crippen LogP contribution in [-0.2, 0) is 0 Å². The van der Waals surface area contributed by atoms with Crippen LogP contribution >= 0.6 is 11.3 Å².